The average Bonchev–Trinajstić information content (AvgIpc) is 3.05. The lowest BCUT2D eigenvalue weighted by atomic mass is 9.95. The van der Waals surface area contributed by atoms with Crippen LogP contribution in [0, 0.1) is 0 Å². The maximum absolute atomic E-state index is 12.0. The van der Waals surface area contributed by atoms with Crippen molar-refractivity contribution in [1.82, 2.24) is 15.1 Å². The van der Waals surface area contributed by atoms with Gasteiger partial charge in [0.1, 0.15) is 0 Å². The molecule has 0 spiro atoms. The standard InChI is InChI=1S/C19H25N3O/c23-19(21-18-10-5-2-6-11-18)12-7-13-22-15-17(14-20-22)16-8-3-1-4-9-16/h1,3-4,8-9,14-15,18H,2,5-7,10-13H2,(H,21,23). The number of carbonyl (C=O) groups is 1. The molecule has 1 saturated carbocycles. The molecule has 1 aromatic carbocycles. The first-order valence-corrected chi connectivity index (χ1v) is 8.68. The lowest BCUT2D eigenvalue weighted by Gasteiger charge is -2.22. The second-order valence-electron chi connectivity index (χ2n) is 6.36. The molecule has 0 unspecified atom stereocenters. The number of hydrogen-bond donors (Lipinski definition) is 1. The molecule has 1 fully saturated rings. The van der Waals surface area contributed by atoms with Crippen LogP contribution >= 0.6 is 0 Å². The minimum Gasteiger partial charge on any atom is -0.353 e. The highest BCUT2D eigenvalue weighted by Gasteiger charge is 2.15. The fourth-order valence-corrected chi connectivity index (χ4v) is 3.21. The molecule has 1 aliphatic rings. The first-order valence-electron chi connectivity index (χ1n) is 8.68. The van der Waals surface area contributed by atoms with Crippen molar-refractivity contribution in [2.24, 2.45) is 0 Å². The van der Waals surface area contributed by atoms with Crippen LogP contribution in [0.5, 0.6) is 0 Å². The molecule has 122 valence electrons. The van der Waals surface area contributed by atoms with Crippen molar-refractivity contribution in [2.45, 2.75) is 57.5 Å². The molecule has 3 rings (SSSR count). The van der Waals surface area contributed by atoms with Crippen LogP contribution in [0.1, 0.15) is 44.9 Å². The Balaban J connectivity index is 1.42. The topological polar surface area (TPSA) is 46.9 Å². The molecular weight excluding hydrogens is 286 g/mol. The van der Waals surface area contributed by atoms with Gasteiger partial charge in [-0.1, -0.05) is 49.6 Å². The van der Waals surface area contributed by atoms with Crippen LogP contribution in [-0.2, 0) is 11.3 Å². The lowest BCUT2D eigenvalue weighted by molar-refractivity contribution is -0.122. The summed E-state index contributed by atoms with van der Waals surface area (Å²) >= 11 is 0. The number of carbonyl (C=O) groups excluding carboxylic acids is 1. The Morgan fingerprint density at radius 1 is 1.13 bits per heavy atom. The van der Waals surface area contributed by atoms with E-state index in [4.69, 9.17) is 0 Å². The molecule has 4 nitrogen and oxygen atoms in total. The summed E-state index contributed by atoms with van der Waals surface area (Å²) in [5, 5.41) is 7.56. The van der Waals surface area contributed by atoms with Gasteiger partial charge in [-0.05, 0) is 24.8 Å². The SMILES string of the molecule is O=C(CCCn1cc(-c2ccccc2)cn1)NC1CCCCC1. The van der Waals surface area contributed by atoms with Gasteiger partial charge in [0.05, 0.1) is 6.20 Å². The Hall–Kier alpha value is -2.10. The van der Waals surface area contributed by atoms with E-state index in [2.05, 4.69) is 22.5 Å². The minimum absolute atomic E-state index is 0.187. The molecule has 0 bridgehead atoms. The van der Waals surface area contributed by atoms with E-state index in [0.29, 0.717) is 12.5 Å². The zero-order chi connectivity index (χ0) is 15.9. The molecule has 1 aliphatic carbocycles. The van der Waals surface area contributed by atoms with Gasteiger partial charge in [0.25, 0.3) is 0 Å². The lowest BCUT2D eigenvalue weighted by Crippen LogP contribution is -2.36. The summed E-state index contributed by atoms with van der Waals surface area (Å²) in [6.45, 7) is 0.783. The normalized spacial score (nSPS) is 15.5. The van der Waals surface area contributed by atoms with Crippen molar-refractivity contribution in [2.75, 3.05) is 0 Å². The van der Waals surface area contributed by atoms with Crippen LogP contribution in [0.2, 0.25) is 0 Å². The average molecular weight is 311 g/mol. The van der Waals surface area contributed by atoms with Crippen molar-refractivity contribution in [3.63, 3.8) is 0 Å². The molecule has 1 aromatic heterocycles. The van der Waals surface area contributed by atoms with Gasteiger partial charge < -0.3 is 5.32 Å². The van der Waals surface area contributed by atoms with Crippen molar-refractivity contribution < 1.29 is 4.79 Å². The highest BCUT2D eigenvalue weighted by Crippen LogP contribution is 2.18. The Bertz CT molecular complexity index is 615. The monoisotopic (exact) mass is 311 g/mol. The highest BCUT2D eigenvalue weighted by molar-refractivity contribution is 5.76. The van der Waals surface area contributed by atoms with Gasteiger partial charge in [0.2, 0.25) is 5.91 Å². The van der Waals surface area contributed by atoms with Gasteiger partial charge in [-0.25, -0.2) is 0 Å². The van der Waals surface area contributed by atoms with Gasteiger partial charge in [-0.2, -0.15) is 5.10 Å². The highest BCUT2D eigenvalue weighted by atomic mass is 16.1. The van der Waals surface area contributed by atoms with E-state index in [0.717, 1.165) is 31.4 Å². The molecule has 23 heavy (non-hydrogen) atoms. The number of hydrogen-bond acceptors (Lipinski definition) is 2. The molecule has 1 N–H and O–H groups in total. The third-order valence-electron chi connectivity index (χ3n) is 4.50. The van der Waals surface area contributed by atoms with Crippen LogP contribution in [0.15, 0.2) is 42.7 Å². The summed E-state index contributed by atoms with van der Waals surface area (Å²) in [5.74, 6) is 0.187. The summed E-state index contributed by atoms with van der Waals surface area (Å²) < 4.78 is 1.93. The molecule has 1 heterocycles. The van der Waals surface area contributed by atoms with E-state index in [-0.39, 0.29) is 5.91 Å². The largest absolute Gasteiger partial charge is 0.353 e. The van der Waals surface area contributed by atoms with E-state index in [9.17, 15) is 4.79 Å². The van der Waals surface area contributed by atoms with Crippen molar-refractivity contribution >= 4 is 5.91 Å². The van der Waals surface area contributed by atoms with E-state index < -0.39 is 0 Å². The predicted molar refractivity (Wildman–Crippen MR) is 91.9 cm³/mol. The summed E-state index contributed by atoms with van der Waals surface area (Å²) in [6, 6.07) is 10.6. The number of rotatable bonds is 6. The Kier molecular flexibility index (Phi) is 5.46. The number of amides is 1. The molecule has 0 aliphatic heterocycles. The fraction of sp³-hybridized carbons (Fsp3) is 0.474. The Labute approximate surface area is 137 Å². The van der Waals surface area contributed by atoms with Gasteiger partial charge in [-0.15, -0.1) is 0 Å². The molecule has 0 saturated heterocycles. The Morgan fingerprint density at radius 3 is 2.70 bits per heavy atom. The van der Waals surface area contributed by atoms with E-state index >= 15 is 0 Å². The van der Waals surface area contributed by atoms with Crippen LogP contribution in [-0.4, -0.2) is 21.7 Å². The number of nitrogens with zero attached hydrogens (tertiary/aromatic N) is 2. The molecule has 1 amide bonds. The summed E-state index contributed by atoms with van der Waals surface area (Å²) in [6.07, 6.45) is 11.4. The molecular formula is C19H25N3O. The predicted octanol–water partition coefficient (Wildman–Crippen LogP) is 3.78. The van der Waals surface area contributed by atoms with Crippen LogP contribution in [0.4, 0.5) is 0 Å². The molecule has 0 atom stereocenters. The second-order valence-corrected chi connectivity index (χ2v) is 6.36. The van der Waals surface area contributed by atoms with Crippen LogP contribution in [0.3, 0.4) is 0 Å². The molecule has 0 radical (unpaired) electrons. The summed E-state index contributed by atoms with van der Waals surface area (Å²) in [5.41, 5.74) is 2.30. The number of benzene rings is 1. The van der Waals surface area contributed by atoms with Crippen LogP contribution in [0.25, 0.3) is 11.1 Å². The zero-order valence-corrected chi connectivity index (χ0v) is 13.6. The van der Waals surface area contributed by atoms with E-state index in [1.54, 1.807) is 0 Å². The van der Waals surface area contributed by atoms with E-state index in [1.165, 1.54) is 24.8 Å². The third-order valence-corrected chi connectivity index (χ3v) is 4.50. The first-order chi connectivity index (χ1) is 11.3. The first kappa shape index (κ1) is 15.8. The quantitative estimate of drug-likeness (QED) is 0.882. The van der Waals surface area contributed by atoms with Gasteiger partial charge in [-0.3, -0.25) is 9.48 Å². The summed E-state index contributed by atoms with van der Waals surface area (Å²) in [7, 11) is 0. The van der Waals surface area contributed by atoms with Crippen molar-refractivity contribution in [1.29, 1.82) is 0 Å². The van der Waals surface area contributed by atoms with Gasteiger partial charge >= 0.3 is 0 Å². The van der Waals surface area contributed by atoms with Crippen molar-refractivity contribution in [3.8, 4) is 11.1 Å². The zero-order valence-electron chi connectivity index (χ0n) is 13.6. The minimum atomic E-state index is 0.187. The van der Waals surface area contributed by atoms with Gasteiger partial charge in [0, 0.05) is 30.8 Å². The summed E-state index contributed by atoms with van der Waals surface area (Å²) in [4.78, 5) is 12.0. The third kappa shape index (κ3) is 4.68. The smallest absolute Gasteiger partial charge is 0.220 e. The fourth-order valence-electron chi connectivity index (χ4n) is 3.21. The number of nitrogens with one attached hydrogen (secondary N) is 1. The molecule has 2 aromatic rings. The maximum atomic E-state index is 12.0. The second kappa shape index (κ2) is 7.95. The molecule has 4 heteroatoms. The van der Waals surface area contributed by atoms with Crippen LogP contribution < -0.4 is 5.32 Å². The van der Waals surface area contributed by atoms with E-state index in [1.807, 2.05) is 35.3 Å². The number of aryl methyl sites for hydroxylation is 1. The Morgan fingerprint density at radius 2 is 1.91 bits per heavy atom. The maximum Gasteiger partial charge on any atom is 0.220 e. The van der Waals surface area contributed by atoms with Crippen molar-refractivity contribution in [3.05, 3.63) is 42.7 Å². The van der Waals surface area contributed by atoms with Gasteiger partial charge in [0.15, 0.2) is 0 Å². The number of aromatic nitrogens is 2.